The number of ether oxygens (including phenoxy) is 1. The fraction of sp³-hybridized carbons (Fsp3) is 0.375. The molecule has 0 amide bonds. The van der Waals surface area contributed by atoms with Crippen molar-refractivity contribution in [2.24, 2.45) is 12.5 Å². The number of rotatable bonds is 4. The Kier molecular flexibility index (Phi) is 6.20. The predicted octanol–water partition coefficient (Wildman–Crippen LogP) is 3.98. The van der Waals surface area contributed by atoms with Crippen LogP contribution < -0.4 is 15.0 Å². The lowest BCUT2D eigenvalue weighted by Gasteiger charge is -2.18. The molecule has 0 radical (unpaired) electrons. The lowest BCUT2D eigenvalue weighted by atomic mass is 9.87. The van der Waals surface area contributed by atoms with Crippen molar-refractivity contribution >= 4 is 18.2 Å². The van der Waals surface area contributed by atoms with Gasteiger partial charge in [-0.25, -0.2) is 4.57 Å². The number of hydrogen-bond donors (Lipinski definition) is 0. The van der Waals surface area contributed by atoms with Crippen molar-refractivity contribution in [1.29, 1.82) is 0 Å². The normalized spacial score (nSPS) is 13.3. The Bertz CT molecular complexity index is 930. The van der Waals surface area contributed by atoms with Crippen molar-refractivity contribution in [3.8, 4) is 11.3 Å². The largest absolute Gasteiger partial charge is 0.380 e. The van der Waals surface area contributed by atoms with Crippen LogP contribution in [-0.2, 0) is 18.4 Å². The summed E-state index contributed by atoms with van der Waals surface area (Å²) in [4.78, 5) is 0. The zero-order valence-corrected chi connectivity index (χ0v) is 17.3. The maximum absolute atomic E-state index is 5.51. The van der Waals surface area contributed by atoms with Crippen molar-refractivity contribution in [1.82, 2.24) is 0 Å². The zero-order chi connectivity index (χ0) is 19.5. The average molecular weight is 351 g/mol. The molecule has 138 valence electrons. The Hall–Kier alpha value is -2.19. The topological polar surface area (TPSA) is 13.1 Å². The van der Waals surface area contributed by atoms with Gasteiger partial charge in [0.2, 0.25) is 5.69 Å². The summed E-state index contributed by atoms with van der Waals surface area (Å²) >= 11 is 0. The van der Waals surface area contributed by atoms with E-state index in [-0.39, 0.29) is 5.41 Å². The molecule has 1 heterocycles. The van der Waals surface area contributed by atoms with Crippen LogP contribution in [0.5, 0.6) is 0 Å². The number of allylic oxidation sites excluding steroid dienone is 2. The lowest BCUT2D eigenvalue weighted by Crippen LogP contribution is -2.43. The minimum atomic E-state index is 0.118. The molecule has 0 spiro atoms. The first-order valence-electron chi connectivity index (χ1n) is 9.14. The Morgan fingerprint density at radius 3 is 2.50 bits per heavy atom. The van der Waals surface area contributed by atoms with Crippen molar-refractivity contribution in [3.05, 3.63) is 58.1 Å². The Labute approximate surface area is 158 Å². The van der Waals surface area contributed by atoms with Crippen LogP contribution in [0, 0.1) is 5.41 Å². The highest BCUT2D eigenvalue weighted by Gasteiger charge is 2.21. The summed E-state index contributed by atoms with van der Waals surface area (Å²) < 4.78 is 7.67. The van der Waals surface area contributed by atoms with E-state index in [2.05, 4.69) is 95.4 Å². The highest BCUT2D eigenvalue weighted by molar-refractivity contribution is 5.80. The summed E-state index contributed by atoms with van der Waals surface area (Å²) in [5.41, 5.74) is 6.17. The first kappa shape index (κ1) is 20.1. The van der Waals surface area contributed by atoms with Gasteiger partial charge in [-0.15, -0.1) is 0 Å². The number of aryl methyl sites for hydroxylation is 1. The second-order valence-electron chi connectivity index (χ2n) is 7.96. The molecule has 0 aliphatic heterocycles. The molecule has 0 atom stereocenters. The first-order valence-corrected chi connectivity index (χ1v) is 9.14. The minimum absolute atomic E-state index is 0.118. The van der Waals surface area contributed by atoms with E-state index in [0.717, 1.165) is 16.1 Å². The maximum atomic E-state index is 5.51. The van der Waals surface area contributed by atoms with Gasteiger partial charge in [-0.05, 0) is 41.2 Å². The molecule has 1 aromatic heterocycles. The molecular weight excluding hydrogens is 318 g/mol. The number of benzene rings is 1. The Balaban J connectivity index is 2.92. The fourth-order valence-electron chi connectivity index (χ4n) is 3.53. The molecule has 2 aromatic rings. The third kappa shape index (κ3) is 4.31. The van der Waals surface area contributed by atoms with E-state index in [1.54, 1.807) is 7.11 Å². The van der Waals surface area contributed by atoms with E-state index in [0.29, 0.717) is 6.61 Å². The first-order chi connectivity index (χ1) is 12.2. The van der Waals surface area contributed by atoms with E-state index >= 15 is 0 Å². The molecule has 0 saturated carbocycles. The maximum Gasteiger partial charge on any atom is 0.220 e. The molecule has 2 nitrogen and oxygen atoms in total. The van der Waals surface area contributed by atoms with E-state index in [1.165, 1.54) is 22.3 Å². The van der Waals surface area contributed by atoms with E-state index in [9.17, 15) is 0 Å². The van der Waals surface area contributed by atoms with Gasteiger partial charge in [0.1, 0.15) is 7.05 Å². The van der Waals surface area contributed by atoms with Crippen molar-refractivity contribution < 1.29 is 9.30 Å². The molecule has 2 rings (SSSR count). The minimum Gasteiger partial charge on any atom is -0.380 e. The monoisotopic (exact) mass is 350 g/mol. The number of hydrogen-bond acceptors (Lipinski definition) is 1. The van der Waals surface area contributed by atoms with Crippen LogP contribution >= 0.6 is 0 Å². The third-order valence-electron chi connectivity index (χ3n) is 4.54. The molecule has 0 unspecified atom stereocenters. The van der Waals surface area contributed by atoms with Crippen molar-refractivity contribution in [2.45, 2.75) is 41.2 Å². The van der Waals surface area contributed by atoms with Crippen LogP contribution in [0.2, 0.25) is 0 Å². The van der Waals surface area contributed by atoms with Crippen LogP contribution in [0.1, 0.15) is 45.7 Å². The quantitative estimate of drug-likeness (QED) is 0.760. The van der Waals surface area contributed by atoms with Crippen LogP contribution in [-0.4, -0.2) is 7.11 Å². The van der Waals surface area contributed by atoms with Gasteiger partial charge in [0, 0.05) is 18.4 Å². The smallest absolute Gasteiger partial charge is 0.220 e. The van der Waals surface area contributed by atoms with Crippen LogP contribution in [0.4, 0.5) is 0 Å². The lowest BCUT2D eigenvalue weighted by molar-refractivity contribution is -0.661. The van der Waals surface area contributed by atoms with Gasteiger partial charge in [0.25, 0.3) is 0 Å². The number of methoxy groups -OCH3 is 1. The van der Waals surface area contributed by atoms with Crippen LogP contribution in [0.25, 0.3) is 29.5 Å². The molecular formula is C24H32NO+. The Morgan fingerprint density at radius 1 is 1.23 bits per heavy atom. The summed E-state index contributed by atoms with van der Waals surface area (Å²) in [6.07, 6.45) is 6.55. The molecule has 0 N–H and O–H groups in total. The molecule has 0 aliphatic carbocycles. The molecule has 26 heavy (non-hydrogen) atoms. The Morgan fingerprint density at radius 2 is 1.92 bits per heavy atom. The zero-order valence-electron chi connectivity index (χ0n) is 17.3. The molecule has 2 heteroatoms. The SMILES string of the molecule is C=c1c(-c2c(COC)cccc2/C(C)=C/C(C)(C)C)[n+](C)cc/c1=C/C. The van der Waals surface area contributed by atoms with E-state index in [4.69, 9.17) is 4.74 Å². The van der Waals surface area contributed by atoms with Gasteiger partial charge in [0.15, 0.2) is 6.20 Å². The van der Waals surface area contributed by atoms with E-state index < -0.39 is 0 Å². The third-order valence-corrected chi connectivity index (χ3v) is 4.54. The van der Waals surface area contributed by atoms with E-state index in [1.807, 2.05) is 0 Å². The molecule has 0 bridgehead atoms. The number of nitrogens with zero attached hydrogens (tertiary/aromatic N) is 1. The second-order valence-corrected chi connectivity index (χ2v) is 7.96. The standard InChI is InChI=1S/C24H32NO/c1-9-19-13-14-25(7)23(18(19)3)22-20(16-26-8)11-10-12-21(22)17(2)15-24(4,5)6/h9-15H,3,16H2,1-2,4-8H3/q+1/b17-15+,19-9-. The highest BCUT2D eigenvalue weighted by Crippen LogP contribution is 2.32. The summed E-state index contributed by atoms with van der Waals surface area (Å²) in [7, 11) is 3.83. The van der Waals surface area contributed by atoms with Gasteiger partial charge >= 0.3 is 0 Å². The molecule has 0 saturated heterocycles. The van der Waals surface area contributed by atoms with Gasteiger partial charge in [0.05, 0.1) is 12.2 Å². The molecule has 0 fully saturated rings. The fourth-order valence-corrected chi connectivity index (χ4v) is 3.53. The van der Waals surface area contributed by atoms with Crippen molar-refractivity contribution in [3.63, 3.8) is 0 Å². The highest BCUT2D eigenvalue weighted by atomic mass is 16.5. The van der Waals surface area contributed by atoms with Crippen molar-refractivity contribution in [2.75, 3.05) is 7.11 Å². The molecule has 0 aliphatic rings. The summed E-state index contributed by atoms with van der Waals surface area (Å²) in [6, 6.07) is 8.58. The summed E-state index contributed by atoms with van der Waals surface area (Å²) in [6.45, 7) is 15.9. The van der Waals surface area contributed by atoms with Crippen LogP contribution in [0.15, 0.2) is 36.5 Å². The van der Waals surface area contributed by atoms with Gasteiger partial charge in [-0.3, -0.25) is 0 Å². The predicted molar refractivity (Wildman–Crippen MR) is 112 cm³/mol. The number of pyridine rings is 1. The number of aromatic nitrogens is 1. The summed E-state index contributed by atoms with van der Waals surface area (Å²) in [5, 5.41) is 2.21. The van der Waals surface area contributed by atoms with Crippen LogP contribution in [0.3, 0.4) is 0 Å². The van der Waals surface area contributed by atoms with Gasteiger partial charge in [-0.1, -0.05) is 57.7 Å². The second kappa shape index (κ2) is 8.01. The van der Waals surface area contributed by atoms with Gasteiger partial charge in [-0.2, -0.15) is 0 Å². The summed E-state index contributed by atoms with van der Waals surface area (Å²) in [5.74, 6) is 0. The average Bonchev–Trinajstić information content (AvgIpc) is 2.55. The molecule has 1 aromatic carbocycles. The van der Waals surface area contributed by atoms with Gasteiger partial charge < -0.3 is 4.74 Å².